The van der Waals surface area contributed by atoms with Gasteiger partial charge >= 0.3 is 0 Å². The van der Waals surface area contributed by atoms with Gasteiger partial charge in [-0.3, -0.25) is 9.36 Å². The molecule has 0 amide bonds. The van der Waals surface area contributed by atoms with Crippen molar-refractivity contribution in [2.75, 3.05) is 5.32 Å². The second-order valence-electron chi connectivity index (χ2n) is 8.27. The lowest BCUT2D eigenvalue weighted by Crippen LogP contribution is -2.34. The highest BCUT2D eigenvalue weighted by atomic mass is 16.3. The average molecular weight is 448 g/mol. The molecule has 10 heteroatoms. The van der Waals surface area contributed by atoms with Gasteiger partial charge in [0.2, 0.25) is 12.2 Å². The Kier molecular flexibility index (Phi) is 5.82. The van der Waals surface area contributed by atoms with E-state index >= 15 is 0 Å². The van der Waals surface area contributed by atoms with Gasteiger partial charge in [-0.05, 0) is 50.8 Å². The normalized spacial score (nSPS) is 14.9. The molecule has 0 saturated heterocycles. The summed E-state index contributed by atoms with van der Waals surface area (Å²) in [4.78, 5) is 22.1. The van der Waals surface area contributed by atoms with Crippen molar-refractivity contribution in [3.63, 3.8) is 0 Å². The monoisotopic (exact) mass is 447 g/mol. The fourth-order valence-corrected chi connectivity index (χ4v) is 3.46. The first kappa shape index (κ1) is 22.0. The van der Waals surface area contributed by atoms with Gasteiger partial charge in [0.05, 0.1) is 22.6 Å². The maximum absolute atomic E-state index is 13.3. The number of hydrogen-bond donors (Lipinski definition) is 5. The number of phenolic OH excluding ortho intramolecular Hbond substituents is 1. The Hall–Kier alpha value is -4.21. The lowest BCUT2D eigenvalue weighted by atomic mass is 10.2. The van der Waals surface area contributed by atoms with Crippen LogP contribution in [0, 0.1) is 11.3 Å². The van der Waals surface area contributed by atoms with Crippen molar-refractivity contribution >= 4 is 28.8 Å². The first-order valence-corrected chi connectivity index (χ1v) is 10.7. The van der Waals surface area contributed by atoms with Crippen LogP contribution in [0.2, 0.25) is 0 Å². The second-order valence-corrected chi connectivity index (χ2v) is 8.27. The summed E-state index contributed by atoms with van der Waals surface area (Å²) in [6.45, 7) is 3.82. The summed E-state index contributed by atoms with van der Waals surface area (Å²) in [6, 6.07) is 8.08. The van der Waals surface area contributed by atoms with Crippen LogP contribution in [0.4, 0.5) is 5.69 Å². The number of aromatic hydroxyl groups is 1. The Bertz CT molecular complexity index is 1350. The highest BCUT2D eigenvalue weighted by Crippen LogP contribution is 2.34. The van der Waals surface area contributed by atoms with E-state index in [0.29, 0.717) is 45.6 Å². The van der Waals surface area contributed by atoms with Crippen molar-refractivity contribution in [3.8, 4) is 11.6 Å². The SMILES string of the molecule is CC(C)[N+](C=N)=C(N)c1cccc(-n2cnc3cc(O)c(N/C=C(\N)C4CC4)cc3c2=O)n1. The largest absolute Gasteiger partial charge is 0.506 e. The molecule has 170 valence electrons. The van der Waals surface area contributed by atoms with Crippen molar-refractivity contribution in [3.05, 3.63) is 64.6 Å². The summed E-state index contributed by atoms with van der Waals surface area (Å²) in [7, 11) is 0. The van der Waals surface area contributed by atoms with E-state index in [4.69, 9.17) is 16.9 Å². The number of nitrogens with zero attached hydrogens (tertiary/aromatic N) is 4. The third-order valence-corrected chi connectivity index (χ3v) is 5.54. The summed E-state index contributed by atoms with van der Waals surface area (Å²) in [5.41, 5.74) is 13.8. The summed E-state index contributed by atoms with van der Waals surface area (Å²) in [6.07, 6.45) is 6.28. The second kappa shape index (κ2) is 8.73. The van der Waals surface area contributed by atoms with Crippen LogP contribution in [0.3, 0.4) is 0 Å². The van der Waals surface area contributed by atoms with Gasteiger partial charge in [0.15, 0.2) is 0 Å². The molecule has 0 unspecified atom stereocenters. The summed E-state index contributed by atoms with van der Waals surface area (Å²) in [5, 5.41) is 21.2. The number of hydrogen-bond acceptors (Lipinski definition) is 7. The van der Waals surface area contributed by atoms with Crippen molar-refractivity contribution in [1.82, 2.24) is 14.5 Å². The van der Waals surface area contributed by atoms with Gasteiger partial charge in [0.25, 0.3) is 5.56 Å². The van der Waals surface area contributed by atoms with Gasteiger partial charge in [0.1, 0.15) is 23.6 Å². The molecule has 1 aliphatic carbocycles. The molecule has 2 aromatic heterocycles. The van der Waals surface area contributed by atoms with Crippen molar-refractivity contribution in [1.29, 1.82) is 5.41 Å². The molecule has 1 saturated carbocycles. The minimum absolute atomic E-state index is 0.0281. The number of rotatable bonds is 7. The van der Waals surface area contributed by atoms with Crippen LogP contribution in [0.1, 0.15) is 32.4 Å². The molecule has 0 bridgehead atoms. The van der Waals surface area contributed by atoms with Crippen LogP contribution >= 0.6 is 0 Å². The zero-order valence-corrected chi connectivity index (χ0v) is 18.5. The minimum atomic E-state index is -0.349. The van der Waals surface area contributed by atoms with Crippen LogP contribution < -0.4 is 22.3 Å². The molecule has 1 aromatic carbocycles. The molecule has 3 aromatic rings. The number of amidine groups is 1. The molecule has 4 rings (SSSR count). The van der Waals surface area contributed by atoms with Crippen molar-refractivity contribution in [2.45, 2.75) is 32.7 Å². The number of pyridine rings is 1. The molecule has 2 heterocycles. The van der Waals surface area contributed by atoms with Crippen LogP contribution in [0.5, 0.6) is 5.75 Å². The summed E-state index contributed by atoms with van der Waals surface area (Å²) >= 11 is 0. The van der Waals surface area contributed by atoms with Crippen LogP contribution in [-0.2, 0) is 0 Å². The molecular weight excluding hydrogens is 420 g/mol. The Morgan fingerprint density at radius 3 is 2.76 bits per heavy atom. The molecule has 0 spiro atoms. The Morgan fingerprint density at radius 1 is 1.33 bits per heavy atom. The van der Waals surface area contributed by atoms with E-state index in [-0.39, 0.29) is 17.4 Å². The smallest absolute Gasteiger partial charge is 0.267 e. The molecule has 0 radical (unpaired) electrons. The minimum Gasteiger partial charge on any atom is -0.506 e. The highest BCUT2D eigenvalue weighted by molar-refractivity contribution is 5.93. The van der Waals surface area contributed by atoms with E-state index in [1.54, 1.807) is 35.0 Å². The molecule has 1 aliphatic rings. The third kappa shape index (κ3) is 4.40. The van der Waals surface area contributed by atoms with Crippen LogP contribution in [0.25, 0.3) is 16.7 Å². The van der Waals surface area contributed by atoms with Gasteiger partial charge < -0.3 is 21.9 Å². The number of benzene rings is 1. The van der Waals surface area contributed by atoms with Gasteiger partial charge in [-0.25, -0.2) is 14.5 Å². The number of aromatic nitrogens is 3. The zero-order valence-electron chi connectivity index (χ0n) is 18.5. The summed E-state index contributed by atoms with van der Waals surface area (Å²) < 4.78 is 2.90. The molecule has 7 N–H and O–H groups in total. The summed E-state index contributed by atoms with van der Waals surface area (Å²) in [5.74, 6) is 0.986. The first-order chi connectivity index (χ1) is 15.8. The van der Waals surface area contributed by atoms with E-state index in [0.717, 1.165) is 19.2 Å². The Labute approximate surface area is 190 Å². The number of nitrogens with two attached hydrogens (primary N) is 2. The highest BCUT2D eigenvalue weighted by Gasteiger charge is 2.24. The Balaban J connectivity index is 1.77. The lowest BCUT2D eigenvalue weighted by Gasteiger charge is -2.11. The maximum atomic E-state index is 13.3. The number of fused-ring (bicyclic) bond motifs is 1. The predicted molar refractivity (Wildman–Crippen MR) is 128 cm³/mol. The van der Waals surface area contributed by atoms with Gasteiger partial charge in [-0.1, -0.05) is 6.07 Å². The van der Waals surface area contributed by atoms with E-state index in [2.05, 4.69) is 15.3 Å². The van der Waals surface area contributed by atoms with Crippen LogP contribution in [0.15, 0.2) is 53.4 Å². The standard InChI is InChI=1S/C23H26N8O2/c1-13(2)30(11-24)22(26)17-4-3-5-21(29-17)31-12-28-18-9-20(32)19(8-15(18)23(31)33)27-10-16(25)14-6-7-14/h3-5,8-14,24H,6-7H2,1-2H3,(H5,25,26,27,29,32,33)/p+1. The number of allylic oxidation sites excluding steroid dienone is 1. The average Bonchev–Trinajstić information content (AvgIpc) is 3.64. The quantitative estimate of drug-likeness (QED) is 0.160. The fourth-order valence-electron chi connectivity index (χ4n) is 3.46. The van der Waals surface area contributed by atoms with E-state index < -0.39 is 0 Å². The van der Waals surface area contributed by atoms with Crippen molar-refractivity contribution < 1.29 is 9.68 Å². The molecule has 10 nitrogen and oxygen atoms in total. The number of anilines is 1. The molecule has 33 heavy (non-hydrogen) atoms. The topological polar surface area (TPSA) is 159 Å². The first-order valence-electron chi connectivity index (χ1n) is 10.7. The number of nitrogens with one attached hydrogen (secondary N) is 2. The predicted octanol–water partition coefficient (Wildman–Crippen LogP) is 1.84. The molecular formula is C23H27N8O2+. The Morgan fingerprint density at radius 2 is 2.09 bits per heavy atom. The van der Waals surface area contributed by atoms with Gasteiger partial charge in [-0.2, -0.15) is 5.41 Å². The van der Waals surface area contributed by atoms with Gasteiger partial charge in [-0.15, -0.1) is 0 Å². The molecule has 0 aliphatic heterocycles. The van der Waals surface area contributed by atoms with Crippen LogP contribution in [-0.4, -0.2) is 42.4 Å². The van der Waals surface area contributed by atoms with E-state index in [1.165, 1.54) is 17.0 Å². The molecule has 1 fully saturated rings. The lowest BCUT2D eigenvalue weighted by molar-refractivity contribution is -0.437. The number of phenols is 1. The zero-order chi connectivity index (χ0) is 23.7. The van der Waals surface area contributed by atoms with E-state index in [9.17, 15) is 9.90 Å². The fraction of sp³-hybridized carbons (Fsp3) is 0.261. The maximum Gasteiger partial charge on any atom is 0.267 e. The van der Waals surface area contributed by atoms with Gasteiger partial charge in [0, 0.05) is 18.0 Å². The van der Waals surface area contributed by atoms with E-state index in [1.807, 2.05) is 13.8 Å². The third-order valence-electron chi connectivity index (χ3n) is 5.54. The van der Waals surface area contributed by atoms with Crippen molar-refractivity contribution in [2.24, 2.45) is 17.4 Å². The molecule has 0 atom stereocenters.